The molecule has 8 nitrogen and oxygen atoms in total. The van der Waals surface area contributed by atoms with E-state index in [4.69, 9.17) is 21.7 Å². The molecule has 0 bridgehead atoms. The minimum atomic E-state index is -1.15. The lowest BCUT2D eigenvalue weighted by atomic mass is 10.1. The fourth-order valence-electron chi connectivity index (χ4n) is 3.65. The molecule has 11 heteroatoms. The molecule has 3 aromatic rings. The minimum absolute atomic E-state index is 0.0236. The summed E-state index contributed by atoms with van der Waals surface area (Å²) >= 11 is 12.1. The summed E-state index contributed by atoms with van der Waals surface area (Å²) in [5.41, 5.74) is 1.48. The lowest BCUT2D eigenvalue weighted by Crippen LogP contribution is -2.54. The largest absolute Gasteiger partial charge is 0.490 e. The van der Waals surface area contributed by atoms with Crippen molar-refractivity contribution >= 4 is 78.7 Å². The first kappa shape index (κ1) is 27.5. The predicted molar refractivity (Wildman–Crippen MR) is 153 cm³/mol. The monoisotopic (exact) mass is 658 g/mol. The summed E-state index contributed by atoms with van der Waals surface area (Å²) in [7, 11) is 0. The third kappa shape index (κ3) is 6.12. The molecule has 1 fully saturated rings. The van der Waals surface area contributed by atoms with E-state index in [0.717, 1.165) is 14.9 Å². The van der Waals surface area contributed by atoms with Crippen LogP contribution >= 0.6 is 44.1 Å². The van der Waals surface area contributed by atoms with E-state index in [-0.39, 0.29) is 21.9 Å². The molecule has 3 aromatic carbocycles. The van der Waals surface area contributed by atoms with E-state index in [1.807, 2.05) is 31.2 Å². The van der Waals surface area contributed by atoms with Crippen LogP contribution in [0.3, 0.4) is 0 Å². The van der Waals surface area contributed by atoms with Crippen molar-refractivity contribution in [3.8, 4) is 11.5 Å². The van der Waals surface area contributed by atoms with Gasteiger partial charge in [0.25, 0.3) is 11.8 Å². The average Bonchev–Trinajstić information content (AvgIpc) is 2.87. The average molecular weight is 660 g/mol. The van der Waals surface area contributed by atoms with Crippen molar-refractivity contribution in [2.45, 2.75) is 13.5 Å². The van der Waals surface area contributed by atoms with Crippen molar-refractivity contribution in [1.29, 1.82) is 0 Å². The molecule has 0 spiro atoms. The molecule has 1 heterocycles. The number of nitrogens with zero attached hydrogens (tertiary/aromatic N) is 1. The van der Waals surface area contributed by atoms with E-state index < -0.39 is 17.8 Å². The number of halogens is 2. The van der Waals surface area contributed by atoms with Crippen LogP contribution in [0.2, 0.25) is 0 Å². The van der Waals surface area contributed by atoms with Gasteiger partial charge in [0.1, 0.15) is 12.2 Å². The SMILES string of the molecule is CCOc1cc(C=C2C(=O)NC(=S)N(c3cccc(C(=O)O)c3)C2=O)cc(Br)c1OCc1ccc(Br)cc1. The molecular formula is C27H20Br2N2O6S. The summed E-state index contributed by atoms with van der Waals surface area (Å²) in [6.45, 7) is 2.50. The van der Waals surface area contributed by atoms with E-state index in [2.05, 4.69) is 37.2 Å². The Labute approximate surface area is 240 Å². The molecule has 0 aromatic heterocycles. The number of carbonyl (C=O) groups excluding carboxylic acids is 2. The highest BCUT2D eigenvalue weighted by atomic mass is 79.9. The molecule has 4 rings (SSSR count). The van der Waals surface area contributed by atoms with Gasteiger partial charge in [-0.15, -0.1) is 0 Å². The number of hydrogen-bond acceptors (Lipinski definition) is 6. The second-order valence-electron chi connectivity index (χ2n) is 7.99. The quantitative estimate of drug-likeness (QED) is 0.181. The second kappa shape index (κ2) is 11.9. The Bertz CT molecular complexity index is 1470. The number of benzene rings is 3. The lowest BCUT2D eigenvalue weighted by molar-refractivity contribution is -0.122. The molecule has 0 radical (unpaired) electrons. The van der Waals surface area contributed by atoms with Gasteiger partial charge in [0, 0.05) is 4.47 Å². The number of nitrogens with one attached hydrogen (secondary N) is 1. The maximum absolute atomic E-state index is 13.4. The molecule has 38 heavy (non-hydrogen) atoms. The van der Waals surface area contributed by atoms with Crippen LogP contribution in [0, 0.1) is 0 Å². The van der Waals surface area contributed by atoms with E-state index in [9.17, 15) is 19.5 Å². The summed E-state index contributed by atoms with van der Waals surface area (Å²) in [5.74, 6) is -1.61. The number of carboxylic acids is 1. The summed E-state index contributed by atoms with van der Waals surface area (Å²) < 4.78 is 13.3. The number of aromatic carboxylic acids is 1. The van der Waals surface area contributed by atoms with Crippen molar-refractivity contribution in [2.75, 3.05) is 11.5 Å². The summed E-state index contributed by atoms with van der Waals surface area (Å²) in [6, 6.07) is 16.8. The Kier molecular flexibility index (Phi) is 8.60. The number of anilines is 1. The van der Waals surface area contributed by atoms with Crippen molar-refractivity contribution in [1.82, 2.24) is 5.32 Å². The molecule has 0 atom stereocenters. The van der Waals surface area contributed by atoms with Crippen LogP contribution in [0.1, 0.15) is 28.4 Å². The van der Waals surface area contributed by atoms with Gasteiger partial charge in [0.15, 0.2) is 16.6 Å². The predicted octanol–water partition coefficient (Wildman–Crippen LogP) is 5.72. The van der Waals surface area contributed by atoms with Crippen LogP contribution < -0.4 is 19.7 Å². The van der Waals surface area contributed by atoms with Gasteiger partial charge in [-0.2, -0.15) is 0 Å². The first-order valence-corrected chi connectivity index (χ1v) is 13.3. The van der Waals surface area contributed by atoms with Gasteiger partial charge in [-0.3, -0.25) is 19.8 Å². The first-order valence-electron chi connectivity index (χ1n) is 11.3. The standard InChI is InChI=1S/C27H20Br2N2O6S/c1-2-36-22-12-16(11-21(29)23(22)37-14-15-6-8-18(28)9-7-15)10-20-24(32)30-27(38)31(25(20)33)19-5-3-4-17(13-19)26(34)35/h3-13H,2,14H2,1H3,(H,34,35)(H,30,32,38). The zero-order valence-electron chi connectivity index (χ0n) is 19.9. The Morgan fingerprint density at radius 3 is 2.50 bits per heavy atom. The van der Waals surface area contributed by atoms with Crippen LogP contribution in [-0.2, 0) is 16.2 Å². The van der Waals surface area contributed by atoms with Crippen molar-refractivity contribution < 1.29 is 29.0 Å². The third-order valence-corrected chi connectivity index (χ3v) is 6.79. The van der Waals surface area contributed by atoms with Gasteiger partial charge < -0.3 is 14.6 Å². The fraction of sp³-hybridized carbons (Fsp3) is 0.111. The number of thiocarbonyl (C=S) groups is 1. The van der Waals surface area contributed by atoms with Crippen LogP contribution in [0.5, 0.6) is 11.5 Å². The van der Waals surface area contributed by atoms with E-state index >= 15 is 0 Å². The number of amides is 2. The molecule has 0 saturated carbocycles. The van der Waals surface area contributed by atoms with Crippen LogP contribution in [-0.4, -0.2) is 34.6 Å². The molecule has 2 amide bonds. The maximum atomic E-state index is 13.4. The normalized spacial score (nSPS) is 14.4. The maximum Gasteiger partial charge on any atom is 0.335 e. The first-order chi connectivity index (χ1) is 18.2. The minimum Gasteiger partial charge on any atom is -0.490 e. The number of carboxylic acid groups (broad SMARTS) is 1. The number of carbonyl (C=O) groups is 3. The molecule has 0 unspecified atom stereocenters. The van der Waals surface area contributed by atoms with Crippen molar-refractivity contribution in [3.63, 3.8) is 0 Å². The van der Waals surface area contributed by atoms with E-state index in [0.29, 0.717) is 34.7 Å². The van der Waals surface area contributed by atoms with Crippen molar-refractivity contribution in [2.24, 2.45) is 0 Å². The molecule has 194 valence electrons. The number of ether oxygens (including phenoxy) is 2. The van der Waals surface area contributed by atoms with E-state index in [1.54, 1.807) is 12.1 Å². The molecule has 1 saturated heterocycles. The Hall–Kier alpha value is -3.54. The summed E-state index contributed by atoms with van der Waals surface area (Å²) in [6.07, 6.45) is 1.42. The highest BCUT2D eigenvalue weighted by molar-refractivity contribution is 9.10. The van der Waals surface area contributed by atoms with Crippen LogP contribution in [0.25, 0.3) is 6.08 Å². The summed E-state index contributed by atoms with van der Waals surface area (Å²) in [4.78, 5) is 38.6. The van der Waals surface area contributed by atoms with Crippen molar-refractivity contribution in [3.05, 3.63) is 91.9 Å². The van der Waals surface area contributed by atoms with Gasteiger partial charge in [-0.1, -0.05) is 34.1 Å². The highest BCUT2D eigenvalue weighted by Gasteiger charge is 2.35. The smallest absolute Gasteiger partial charge is 0.335 e. The van der Waals surface area contributed by atoms with Gasteiger partial charge in [-0.25, -0.2) is 4.79 Å². The summed E-state index contributed by atoms with van der Waals surface area (Å²) in [5, 5.41) is 11.7. The molecule has 2 N–H and O–H groups in total. The lowest BCUT2D eigenvalue weighted by Gasteiger charge is -2.29. The highest BCUT2D eigenvalue weighted by Crippen LogP contribution is 2.38. The topological polar surface area (TPSA) is 105 Å². The van der Waals surface area contributed by atoms with Gasteiger partial charge in [0.05, 0.1) is 22.3 Å². The fourth-order valence-corrected chi connectivity index (χ4v) is 4.77. The van der Waals surface area contributed by atoms with Crippen LogP contribution in [0.15, 0.2) is 75.2 Å². The second-order valence-corrected chi connectivity index (χ2v) is 10.1. The van der Waals surface area contributed by atoms with Gasteiger partial charge in [0.2, 0.25) is 0 Å². The zero-order chi connectivity index (χ0) is 27.4. The Morgan fingerprint density at radius 1 is 1.08 bits per heavy atom. The molecule has 1 aliphatic heterocycles. The van der Waals surface area contributed by atoms with Gasteiger partial charge >= 0.3 is 5.97 Å². The van der Waals surface area contributed by atoms with E-state index in [1.165, 1.54) is 30.3 Å². The Balaban J connectivity index is 1.66. The number of hydrogen-bond donors (Lipinski definition) is 2. The molecule has 0 aliphatic carbocycles. The third-order valence-electron chi connectivity index (χ3n) is 5.39. The number of rotatable bonds is 8. The molecule has 1 aliphatic rings. The zero-order valence-corrected chi connectivity index (χ0v) is 23.9. The molecular weight excluding hydrogens is 640 g/mol. The van der Waals surface area contributed by atoms with Crippen LogP contribution in [0.4, 0.5) is 5.69 Å². The Morgan fingerprint density at radius 2 is 1.82 bits per heavy atom. The van der Waals surface area contributed by atoms with Gasteiger partial charge in [-0.05, 0) is 94.7 Å².